The SMILES string of the molecule is COc1ccc(COc2ccc(CCl)cc2)cc1F. The third-order valence-electron chi connectivity index (χ3n) is 2.70. The van der Waals surface area contributed by atoms with E-state index in [2.05, 4.69) is 0 Å². The van der Waals surface area contributed by atoms with Gasteiger partial charge in [0.15, 0.2) is 11.6 Å². The van der Waals surface area contributed by atoms with E-state index in [1.54, 1.807) is 12.1 Å². The lowest BCUT2D eigenvalue weighted by Crippen LogP contribution is -1.97. The van der Waals surface area contributed by atoms with E-state index < -0.39 is 0 Å². The minimum absolute atomic E-state index is 0.232. The molecule has 2 aromatic rings. The summed E-state index contributed by atoms with van der Waals surface area (Å²) in [6.07, 6.45) is 0. The summed E-state index contributed by atoms with van der Waals surface area (Å²) < 4.78 is 23.9. The second-order valence-corrected chi connectivity index (χ2v) is 4.30. The van der Waals surface area contributed by atoms with Crippen molar-refractivity contribution in [1.29, 1.82) is 0 Å². The van der Waals surface area contributed by atoms with Crippen LogP contribution in [0.2, 0.25) is 0 Å². The Morgan fingerprint density at radius 1 is 1.05 bits per heavy atom. The van der Waals surface area contributed by atoms with Crippen LogP contribution >= 0.6 is 11.6 Å². The zero-order valence-electron chi connectivity index (χ0n) is 10.5. The summed E-state index contributed by atoms with van der Waals surface area (Å²) in [6, 6.07) is 12.3. The van der Waals surface area contributed by atoms with Crippen LogP contribution in [0, 0.1) is 5.82 Å². The van der Waals surface area contributed by atoms with Gasteiger partial charge in [0.2, 0.25) is 0 Å². The predicted octanol–water partition coefficient (Wildman–Crippen LogP) is 4.15. The molecule has 0 saturated carbocycles. The molecule has 0 bridgehead atoms. The largest absolute Gasteiger partial charge is 0.494 e. The van der Waals surface area contributed by atoms with Gasteiger partial charge in [0.05, 0.1) is 7.11 Å². The van der Waals surface area contributed by atoms with Gasteiger partial charge < -0.3 is 9.47 Å². The van der Waals surface area contributed by atoms with Gasteiger partial charge in [-0.3, -0.25) is 0 Å². The monoisotopic (exact) mass is 280 g/mol. The van der Waals surface area contributed by atoms with Crippen molar-refractivity contribution in [2.45, 2.75) is 12.5 Å². The van der Waals surface area contributed by atoms with E-state index in [-0.39, 0.29) is 11.6 Å². The van der Waals surface area contributed by atoms with Gasteiger partial charge in [-0.15, -0.1) is 11.6 Å². The van der Waals surface area contributed by atoms with Crippen molar-refractivity contribution in [3.63, 3.8) is 0 Å². The van der Waals surface area contributed by atoms with Gasteiger partial charge in [0.1, 0.15) is 12.4 Å². The standard InChI is InChI=1S/C15H14ClFO2/c1-18-15-7-4-12(8-14(15)17)10-19-13-5-2-11(9-16)3-6-13/h2-8H,9-10H2,1H3. The van der Waals surface area contributed by atoms with Crippen LogP contribution in [0.25, 0.3) is 0 Å². The lowest BCUT2D eigenvalue weighted by atomic mass is 10.2. The van der Waals surface area contributed by atoms with Gasteiger partial charge >= 0.3 is 0 Å². The predicted molar refractivity (Wildman–Crippen MR) is 73.3 cm³/mol. The average molecular weight is 281 g/mol. The number of ether oxygens (including phenoxy) is 2. The molecule has 0 amide bonds. The second-order valence-electron chi connectivity index (χ2n) is 4.04. The molecule has 0 unspecified atom stereocenters. The number of hydrogen-bond donors (Lipinski definition) is 0. The molecule has 0 radical (unpaired) electrons. The van der Waals surface area contributed by atoms with Gasteiger partial charge in [-0.1, -0.05) is 18.2 Å². The van der Waals surface area contributed by atoms with Gasteiger partial charge in [-0.25, -0.2) is 4.39 Å². The van der Waals surface area contributed by atoms with Crippen LogP contribution in [0.1, 0.15) is 11.1 Å². The minimum atomic E-state index is -0.388. The summed E-state index contributed by atoms with van der Waals surface area (Å²) >= 11 is 5.70. The first-order valence-corrected chi connectivity index (χ1v) is 6.36. The van der Waals surface area contributed by atoms with Crippen LogP contribution in [0.4, 0.5) is 4.39 Å². The molecule has 0 N–H and O–H groups in total. The molecule has 100 valence electrons. The molecule has 0 saturated heterocycles. The van der Waals surface area contributed by atoms with E-state index in [0.29, 0.717) is 12.5 Å². The van der Waals surface area contributed by atoms with Crippen molar-refractivity contribution in [2.75, 3.05) is 7.11 Å². The van der Waals surface area contributed by atoms with Gasteiger partial charge in [0, 0.05) is 5.88 Å². The average Bonchev–Trinajstić information content (AvgIpc) is 2.46. The highest BCUT2D eigenvalue weighted by atomic mass is 35.5. The number of rotatable bonds is 5. The lowest BCUT2D eigenvalue weighted by Gasteiger charge is -2.08. The third kappa shape index (κ3) is 3.61. The number of halogens is 2. The van der Waals surface area contributed by atoms with E-state index in [4.69, 9.17) is 21.1 Å². The van der Waals surface area contributed by atoms with Crippen LogP contribution < -0.4 is 9.47 Å². The molecule has 0 spiro atoms. The zero-order valence-corrected chi connectivity index (χ0v) is 11.3. The molecule has 2 nitrogen and oxygen atoms in total. The highest BCUT2D eigenvalue weighted by molar-refractivity contribution is 6.17. The van der Waals surface area contributed by atoms with Crippen LogP contribution in [-0.2, 0) is 12.5 Å². The third-order valence-corrected chi connectivity index (χ3v) is 3.01. The molecule has 0 aromatic heterocycles. The molecular formula is C15H14ClFO2. The molecule has 0 heterocycles. The summed E-state index contributed by atoms with van der Waals surface area (Å²) in [5.41, 5.74) is 1.78. The van der Waals surface area contributed by atoms with Crippen molar-refractivity contribution in [2.24, 2.45) is 0 Å². The second kappa shape index (κ2) is 6.43. The molecule has 0 aliphatic carbocycles. The smallest absolute Gasteiger partial charge is 0.165 e. The van der Waals surface area contributed by atoms with Crippen molar-refractivity contribution in [3.05, 3.63) is 59.4 Å². The molecular weight excluding hydrogens is 267 g/mol. The Hall–Kier alpha value is -1.74. The van der Waals surface area contributed by atoms with Crippen LogP contribution in [-0.4, -0.2) is 7.11 Å². The molecule has 0 aliphatic rings. The first kappa shape index (κ1) is 13.7. The van der Waals surface area contributed by atoms with Crippen LogP contribution in [0.15, 0.2) is 42.5 Å². The highest BCUT2D eigenvalue weighted by Gasteiger charge is 2.04. The maximum Gasteiger partial charge on any atom is 0.165 e. The van der Waals surface area contributed by atoms with Gasteiger partial charge in [-0.2, -0.15) is 0 Å². The zero-order chi connectivity index (χ0) is 13.7. The topological polar surface area (TPSA) is 18.5 Å². The van der Waals surface area contributed by atoms with Crippen LogP contribution in [0.5, 0.6) is 11.5 Å². The Kier molecular flexibility index (Phi) is 4.63. The Morgan fingerprint density at radius 2 is 1.74 bits per heavy atom. The normalized spacial score (nSPS) is 10.3. The maximum absolute atomic E-state index is 13.5. The van der Waals surface area contributed by atoms with Crippen LogP contribution in [0.3, 0.4) is 0 Å². The van der Waals surface area contributed by atoms with E-state index in [1.807, 2.05) is 24.3 Å². The summed E-state index contributed by atoms with van der Waals surface area (Å²) in [7, 11) is 1.44. The summed E-state index contributed by atoms with van der Waals surface area (Å²) in [6.45, 7) is 0.307. The number of methoxy groups -OCH3 is 1. The van der Waals surface area contributed by atoms with Gasteiger partial charge in [0.25, 0.3) is 0 Å². The molecule has 19 heavy (non-hydrogen) atoms. The first-order chi connectivity index (χ1) is 9.22. The Morgan fingerprint density at radius 3 is 2.32 bits per heavy atom. The summed E-state index contributed by atoms with van der Waals surface area (Å²) in [5.74, 6) is 1.05. The quantitative estimate of drug-likeness (QED) is 0.766. The van der Waals surface area contributed by atoms with Crippen molar-refractivity contribution >= 4 is 11.6 Å². The molecule has 2 rings (SSSR count). The van der Waals surface area contributed by atoms with E-state index in [0.717, 1.165) is 16.9 Å². The fourth-order valence-electron chi connectivity index (χ4n) is 1.64. The summed E-state index contributed by atoms with van der Waals surface area (Å²) in [5, 5.41) is 0. The maximum atomic E-state index is 13.5. The molecule has 0 atom stereocenters. The number of alkyl halides is 1. The van der Waals surface area contributed by atoms with Gasteiger partial charge in [-0.05, 0) is 35.4 Å². The fourth-order valence-corrected chi connectivity index (χ4v) is 1.82. The van der Waals surface area contributed by atoms with Crippen molar-refractivity contribution in [3.8, 4) is 11.5 Å². The molecule has 2 aromatic carbocycles. The summed E-state index contributed by atoms with van der Waals surface area (Å²) in [4.78, 5) is 0. The van der Waals surface area contributed by atoms with Crippen molar-refractivity contribution in [1.82, 2.24) is 0 Å². The van der Waals surface area contributed by atoms with E-state index in [1.165, 1.54) is 13.2 Å². The fraction of sp³-hybridized carbons (Fsp3) is 0.200. The van der Waals surface area contributed by atoms with E-state index >= 15 is 0 Å². The molecule has 0 aliphatic heterocycles. The number of hydrogen-bond acceptors (Lipinski definition) is 2. The molecule has 4 heteroatoms. The number of benzene rings is 2. The first-order valence-electron chi connectivity index (χ1n) is 5.83. The van der Waals surface area contributed by atoms with E-state index in [9.17, 15) is 4.39 Å². The molecule has 0 fully saturated rings. The highest BCUT2D eigenvalue weighted by Crippen LogP contribution is 2.19. The lowest BCUT2D eigenvalue weighted by molar-refractivity contribution is 0.304. The minimum Gasteiger partial charge on any atom is -0.494 e. The van der Waals surface area contributed by atoms with Crippen molar-refractivity contribution < 1.29 is 13.9 Å². The Labute approximate surface area is 116 Å². The Balaban J connectivity index is 1.99. The Bertz CT molecular complexity index is 540.